The van der Waals surface area contributed by atoms with E-state index in [0.29, 0.717) is 18.7 Å². The molecule has 1 saturated heterocycles. The summed E-state index contributed by atoms with van der Waals surface area (Å²) in [5, 5.41) is 3.31. The SMILES string of the molecule is CN(C)CCNc1cncc(C(=O)N2CCN(c3ccccn3)CC2)c1. The van der Waals surface area contributed by atoms with E-state index in [1.165, 1.54) is 0 Å². The standard InChI is InChI=1S/C19H26N6O/c1-23(2)8-7-21-17-13-16(14-20-15-17)19(26)25-11-9-24(10-12-25)18-5-3-4-6-22-18/h3-6,13-15,21H,7-12H2,1-2H3. The number of pyridine rings is 2. The molecule has 0 bridgehead atoms. The molecule has 1 fully saturated rings. The predicted octanol–water partition coefficient (Wildman–Crippen LogP) is 1.41. The summed E-state index contributed by atoms with van der Waals surface area (Å²) in [5.41, 5.74) is 1.51. The van der Waals surface area contributed by atoms with Gasteiger partial charge in [0.15, 0.2) is 0 Å². The van der Waals surface area contributed by atoms with Gasteiger partial charge >= 0.3 is 0 Å². The minimum Gasteiger partial charge on any atom is -0.382 e. The van der Waals surface area contributed by atoms with E-state index >= 15 is 0 Å². The third-order valence-corrected chi connectivity index (χ3v) is 4.41. The molecule has 3 rings (SSSR count). The Balaban J connectivity index is 1.56. The highest BCUT2D eigenvalue weighted by atomic mass is 16.2. The average molecular weight is 354 g/mol. The third-order valence-electron chi connectivity index (χ3n) is 4.41. The Bertz CT molecular complexity index is 713. The number of amides is 1. The van der Waals surface area contributed by atoms with Crippen LogP contribution in [0.3, 0.4) is 0 Å². The molecule has 7 nitrogen and oxygen atoms in total. The van der Waals surface area contributed by atoms with Crippen molar-refractivity contribution in [2.24, 2.45) is 0 Å². The lowest BCUT2D eigenvalue weighted by Gasteiger charge is -2.35. The zero-order valence-corrected chi connectivity index (χ0v) is 15.4. The number of hydrogen-bond donors (Lipinski definition) is 1. The van der Waals surface area contributed by atoms with Crippen LogP contribution in [-0.4, -0.2) is 79.0 Å². The summed E-state index contributed by atoms with van der Waals surface area (Å²) in [6.45, 7) is 4.69. The van der Waals surface area contributed by atoms with E-state index in [9.17, 15) is 4.79 Å². The average Bonchev–Trinajstić information content (AvgIpc) is 2.68. The molecule has 0 unspecified atom stereocenters. The van der Waals surface area contributed by atoms with Gasteiger partial charge in [0.05, 0.1) is 11.3 Å². The van der Waals surface area contributed by atoms with E-state index in [1.54, 1.807) is 18.6 Å². The first-order chi connectivity index (χ1) is 12.6. The van der Waals surface area contributed by atoms with Crippen LogP contribution >= 0.6 is 0 Å². The molecule has 7 heteroatoms. The summed E-state index contributed by atoms with van der Waals surface area (Å²) >= 11 is 0. The Hall–Kier alpha value is -2.67. The fourth-order valence-electron chi connectivity index (χ4n) is 2.94. The first-order valence-electron chi connectivity index (χ1n) is 8.92. The Labute approximate surface area is 154 Å². The quantitative estimate of drug-likeness (QED) is 0.846. The van der Waals surface area contributed by atoms with Crippen molar-refractivity contribution in [1.29, 1.82) is 0 Å². The number of aromatic nitrogens is 2. The van der Waals surface area contributed by atoms with Gasteiger partial charge in [-0.1, -0.05) is 6.07 Å². The van der Waals surface area contributed by atoms with E-state index in [-0.39, 0.29) is 5.91 Å². The van der Waals surface area contributed by atoms with Gasteiger partial charge < -0.3 is 20.0 Å². The molecule has 2 aromatic rings. The first-order valence-corrected chi connectivity index (χ1v) is 8.92. The molecule has 0 saturated carbocycles. The Morgan fingerprint density at radius 2 is 2.00 bits per heavy atom. The largest absolute Gasteiger partial charge is 0.382 e. The van der Waals surface area contributed by atoms with E-state index in [4.69, 9.17) is 0 Å². The number of carbonyl (C=O) groups excluding carboxylic acids is 1. The molecule has 0 aliphatic carbocycles. The predicted molar refractivity (Wildman–Crippen MR) is 104 cm³/mol. The van der Waals surface area contributed by atoms with E-state index in [0.717, 1.165) is 37.7 Å². The zero-order chi connectivity index (χ0) is 18.4. The van der Waals surface area contributed by atoms with Crippen molar-refractivity contribution in [3.8, 4) is 0 Å². The van der Waals surface area contributed by atoms with Gasteiger partial charge in [0.1, 0.15) is 5.82 Å². The summed E-state index contributed by atoms with van der Waals surface area (Å²) in [4.78, 5) is 27.6. The summed E-state index contributed by atoms with van der Waals surface area (Å²) in [6, 6.07) is 7.79. The zero-order valence-electron chi connectivity index (χ0n) is 15.4. The fraction of sp³-hybridized carbons (Fsp3) is 0.421. The van der Waals surface area contributed by atoms with Crippen molar-refractivity contribution in [3.05, 3.63) is 48.4 Å². The molecule has 3 heterocycles. The molecule has 0 spiro atoms. The van der Waals surface area contributed by atoms with Gasteiger partial charge in [-0.3, -0.25) is 9.78 Å². The van der Waals surface area contributed by atoms with Gasteiger partial charge in [0.2, 0.25) is 0 Å². The molecule has 1 N–H and O–H groups in total. The van der Waals surface area contributed by atoms with Crippen LogP contribution in [0.4, 0.5) is 11.5 Å². The maximum atomic E-state index is 12.8. The monoisotopic (exact) mass is 354 g/mol. The maximum absolute atomic E-state index is 12.8. The topological polar surface area (TPSA) is 64.6 Å². The van der Waals surface area contributed by atoms with Crippen LogP contribution in [0.25, 0.3) is 0 Å². The second-order valence-electron chi connectivity index (χ2n) is 6.66. The van der Waals surface area contributed by atoms with Gasteiger partial charge in [-0.2, -0.15) is 0 Å². The van der Waals surface area contributed by atoms with Crippen LogP contribution in [-0.2, 0) is 0 Å². The maximum Gasteiger partial charge on any atom is 0.255 e. The molecule has 0 aromatic carbocycles. The van der Waals surface area contributed by atoms with Crippen molar-refractivity contribution < 1.29 is 4.79 Å². The van der Waals surface area contributed by atoms with Gasteiger partial charge in [0.25, 0.3) is 5.91 Å². The highest BCUT2D eigenvalue weighted by molar-refractivity contribution is 5.94. The summed E-state index contributed by atoms with van der Waals surface area (Å²) in [7, 11) is 4.06. The van der Waals surface area contributed by atoms with Crippen molar-refractivity contribution in [2.45, 2.75) is 0 Å². The van der Waals surface area contributed by atoms with Crippen molar-refractivity contribution >= 4 is 17.4 Å². The highest BCUT2D eigenvalue weighted by Gasteiger charge is 2.23. The normalized spacial score (nSPS) is 14.6. The Morgan fingerprint density at radius 3 is 2.69 bits per heavy atom. The summed E-state index contributed by atoms with van der Waals surface area (Å²) in [5.74, 6) is 1.00. The van der Waals surface area contributed by atoms with Crippen LogP contribution in [0.15, 0.2) is 42.9 Å². The molecular weight excluding hydrogens is 328 g/mol. The molecule has 1 aliphatic heterocycles. The number of rotatable bonds is 6. The van der Waals surface area contributed by atoms with E-state index in [2.05, 4.69) is 25.1 Å². The van der Waals surface area contributed by atoms with Crippen molar-refractivity contribution in [3.63, 3.8) is 0 Å². The minimum atomic E-state index is 0.0365. The van der Waals surface area contributed by atoms with Crippen molar-refractivity contribution in [1.82, 2.24) is 19.8 Å². The lowest BCUT2D eigenvalue weighted by molar-refractivity contribution is 0.0746. The fourth-order valence-corrected chi connectivity index (χ4v) is 2.94. The minimum absolute atomic E-state index is 0.0365. The van der Waals surface area contributed by atoms with Crippen LogP contribution < -0.4 is 10.2 Å². The molecular formula is C19H26N6O. The molecule has 0 atom stereocenters. The molecule has 26 heavy (non-hydrogen) atoms. The summed E-state index contributed by atoms with van der Waals surface area (Å²) in [6.07, 6.45) is 5.20. The third kappa shape index (κ3) is 4.70. The smallest absolute Gasteiger partial charge is 0.255 e. The van der Waals surface area contributed by atoms with Gasteiger partial charge in [-0.15, -0.1) is 0 Å². The molecule has 2 aromatic heterocycles. The number of nitrogens with zero attached hydrogens (tertiary/aromatic N) is 5. The summed E-state index contributed by atoms with van der Waals surface area (Å²) < 4.78 is 0. The van der Waals surface area contributed by atoms with Gasteiger partial charge in [-0.25, -0.2) is 4.98 Å². The van der Waals surface area contributed by atoms with E-state index in [1.807, 2.05) is 43.3 Å². The number of likely N-dealkylation sites (N-methyl/N-ethyl adjacent to an activating group) is 1. The van der Waals surface area contributed by atoms with Gasteiger partial charge in [-0.05, 0) is 32.3 Å². The number of anilines is 2. The molecule has 1 amide bonds. The van der Waals surface area contributed by atoms with Crippen LogP contribution in [0, 0.1) is 0 Å². The van der Waals surface area contributed by atoms with Crippen molar-refractivity contribution in [2.75, 3.05) is 63.6 Å². The number of piperazine rings is 1. The number of carbonyl (C=O) groups is 1. The Morgan fingerprint density at radius 1 is 1.19 bits per heavy atom. The molecule has 138 valence electrons. The van der Waals surface area contributed by atoms with Crippen LogP contribution in [0.1, 0.15) is 10.4 Å². The lowest BCUT2D eigenvalue weighted by Crippen LogP contribution is -2.49. The molecule has 1 aliphatic rings. The lowest BCUT2D eigenvalue weighted by atomic mass is 10.2. The van der Waals surface area contributed by atoms with E-state index < -0.39 is 0 Å². The number of hydrogen-bond acceptors (Lipinski definition) is 6. The van der Waals surface area contributed by atoms with Gasteiger partial charge in [0, 0.05) is 57.9 Å². The van der Waals surface area contributed by atoms with Crippen LogP contribution in [0.2, 0.25) is 0 Å². The van der Waals surface area contributed by atoms with Crippen LogP contribution in [0.5, 0.6) is 0 Å². The first kappa shape index (κ1) is 18.1. The molecule has 0 radical (unpaired) electrons. The highest BCUT2D eigenvalue weighted by Crippen LogP contribution is 2.15. The Kier molecular flexibility index (Phi) is 6.01. The second-order valence-corrected chi connectivity index (χ2v) is 6.66. The number of nitrogens with one attached hydrogen (secondary N) is 1. The second kappa shape index (κ2) is 8.62.